The van der Waals surface area contributed by atoms with Gasteiger partial charge in [-0.3, -0.25) is 0 Å². The Hall–Kier alpha value is -6.81. The van der Waals surface area contributed by atoms with Crippen molar-refractivity contribution in [1.29, 1.82) is 0 Å². The second-order valence-corrected chi connectivity index (χ2v) is 17.0. The van der Waals surface area contributed by atoms with Crippen LogP contribution in [0.2, 0.25) is 0 Å². The molecule has 0 radical (unpaired) electrons. The molecule has 272 valence electrons. The summed E-state index contributed by atoms with van der Waals surface area (Å²) in [5, 5.41) is 5.14. The highest BCUT2D eigenvalue weighted by atomic mass is 32.2. The summed E-state index contributed by atoms with van der Waals surface area (Å²) in [6.07, 6.45) is 10.0. The van der Waals surface area contributed by atoms with E-state index in [1.165, 1.54) is 104 Å². The zero-order valence-corrected chi connectivity index (χ0v) is 32.5. The predicted octanol–water partition coefficient (Wildman–Crippen LogP) is 14.3. The van der Waals surface area contributed by atoms with Crippen molar-refractivity contribution in [2.24, 2.45) is 0 Å². The zero-order valence-electron chi connectivity index (χ0n) is 31.6. The smallest absolute Gasteiger partial charge is 0.0765 e. The van der Waals surface area contributed by atoms with E-state index in [0.29, 0.717) is 5.92 Å². The minimum Gasteiger partial charge on any atom is -0.309 e. The number of rotatable bonds is 3. The lowest BCUT2D eigenvalue weighted by atomic mass is 9.62. The minimum absolute atomic E-state index is 0.310. The van der Waals surface area contributed by atoms with Crippen molar-refractivity contribution < 1.29 is 0 Å². The van der Waals surface area contributed by atoms with Crippen molar-refractivity contribution in [3.05, 3.63) is 228 Å². The minimum atomic E-state index is -0.552. The summed E-state index contributed by atoms with van der Waals surface area (Å²) in [6, 6.07) is 66.4. The number of fused-ring (bicyclic) bond motifs is 15. The van der Waals surface area contributed by atoms with Gasteiger partial charge < -0.3 is 9.13 Å². The number of benzene rings is 8. The van der Waals surface area contributed by atoms with E-state index >= 15 is 0 Å². The third kappa shape index (κ3) is 4.24. The monoisotopic (exact) mass is 756 g/mol. The van der Waals surface area contributed by atoms with Crippen molar-refractivity contribution in [3.8, 4) is 22.5 Å². The van der Waals surface area contributed by atoms with Crippen LogP contribution in [-0.2, 0) is 5.41 Å². The quantitative estimate of drug-likeness (QED) is 0.175. The van der Waals surface area contributed by atoms with Crippen molar-refractivity contribution >= 4 is 55.4 Å². The van der Waals surface area contributed by atoms with Gasteiger partial charge in [0.1, 0.15) is 0 Å². The van der Waals surface area contributed by atoms with Gasteiger partial charge in [0.25, 0.3) is 0 Å². The molecule has 1 spiro atoms. The van der Waals surface area contributed by atoms with Gasteiger partial charge in [-0.1, -0.05) is 176 Å². The van der Waals surface area contributed by atoms with Gasteiger partial charge in [-0.2, -0.15) is 0 Å². The molecule has 0 N–H and O–H groups in total. The van der Waals surface area contributed by atoms with E-state index < -0.39 is 5.41 Å². The SMILES string of the molecule is C1=CCC(c2cc(-c3ccccc3)cc(-n3c4ccccc4c4ccc5c(c43)Sc3ccccc3C53c4ccccc4-n4c5ccccc5c5cccc3c54)c2)C=C1. The van der Waals surface area contributed by atoms with E-state index in [0.717, 1.165) is 6.42 Å². The molecule has 3 aliphatic rings. The highest BCUT2D eigenvalue weighted by Crippen LogP contribution is 2.62. The second kappa shape index (κ2) is 12.1. The molecule has 2 aliphatic heterocycles. The number of hydrogen-bond acceptors (Lipinski definition) is 1. The Morgan fingerprint density at radius 3 is 2.00 bits per heavy atom. The summed E-state index contributed by atoms with van der Waals surface area (Å²) < 4.78 is 5.12. The van der Waals surface area contributed by atoms with Gasteiger partial charge in [0.15, 0.2) is 0 Å². The van der Waals surface area contributed by atoms with Gasteiger partial charge in [0.05, 0.1) is 33.2 Å². The van der Waals surface area contributed by atoms with Crippen LogP contribution >= 0.6 is 11.8 Å². The highest BCUT2D eigenvalue weighted by molar-refractivity contribution is 7.99. The van der Waals surface area contributed by atoms with E-state index in [1.807, 2.05) is 11.8 Å². The molecule has 13 rings (SSSR count). The van der Waals surface area contributed by atoms with Crippen molar-refractivity contribution in [3.63, 3.8) is 0 Å². The average Bonchev–Trinajstić information content (AvgIpc) is 3.82. The lowest BCUT2D eigenvalue weighted by molar-refractivity contribution is 0.691. The van der Waals surface area contributed by atoms with Gasteiger partial charge in [0.2, 0.25) is 0 Å². The Kier molecular flexibility index (Phi) is 6.74. The summed E-state index contributed by atoms with van der Waals surface area (Å²) >= 11 is 1.94. The standard InChI is InChI=1S/C55H36N2S/c1-3-16-35(17-4-1)37-32-38(36-18-5-2-6-19-36)34-39(33-37)56-48-26-11-7-21-41(48)43-30-31-47-54(53(43)56)58-51-29-14-10-24-45(51)55(47)44-23-9-13-28-50(44)57-49-27-12-8-20-40(49)42-22-15-25-46(55)52(42)57/h1-18,20-34,36H,19H2. The molecule has 2 nitrogen and oxygen atoms in total. The van der Waals surface area contributed by atoms with Crippen LogP contribution in [0, 0.1) is 0 Å². The molecule has 0 saturated carbocycles. The molecule has 8 aromatic carbocycles. The fourth-order valence-electron chi connectivity index (χ4n) is 10.7. The molecule has 0 saturated heterocycles. The van der Waals surface area contributed by atoms with E-state index in [9.17, 15) is 0 Å². The molecule has 1 aliphatic carbocycles. The van der Waals surface area contributed by atoms with Crippen molar-refractivity contribution in [1.82, 2.24) is 9.13 Å². The summed E-state index contributed by atoms with van der Waals surface area (Å²) in [5.41, 5.74) is 16.1. The van der Waals surface area contributed by atoms with E-state index in [4.69, 9.17) is 0 Å². The van der Waals surface area contributed by atoms with Crippen LogP contribution in [0.3, 0.4) is 0 Å². The molecule has 3 heteroatoms. The predicted molar refractivity (Wildman–Crippen MR) is 242 cm³/mol. The van der Waals surface area contributed by atoms with Crippen LogP contribution in [0.4, 0.5) is 0 Å². The molecule has 2 atom stereocenters. The molecule has 0 amide bonds. The van der Waals surface area contributed by atoms with E-state index in [2.05, 4.69) is 209 Å². The lowest BCUT2D eigenvalue weighted by Crippen LogP contribution is -2.37. The van der Waals surface area contributed by atoms with Crippen LogP contribution in [0.15, 0.2) is 210 Å². The number of nitrogens with zero attached hydrogens (tertiary/aromatic N) is 2. The topological polar surface area (TPSA) is 9.86 Å². The summed E-state index contributed by atoms with van der Waals surface area (Å²) in [7, 11) is 0. The Morgan fingerprint density at radius 2 is 1.17 bits per heavy atom. The maximum Gasteiger partial charge on any atom is 0.0765 e. The van der Waals surface area contributed by atoms with Crippen LogP contribution in [0.25, 0.3) is 66.1 Å². The highest BCUT2D eigenvalue weighted by Gasteiger charge is 2.50. The molecule has 4 heterocycles. The van der Waals surface area contributed by atoms with Gasteiger partial charge >= 0.3 is 0 Å². The largest absolute Gasteiger partial charge is 0.309 e. The Morgan fingerprint density at radius 1 is 0.483 bits per heavy atom. The maximum atomic E-state index is 2.59. The van der Waals surface area contributed by atoms with Crippen LogP contribution in [0.1, 0.15) is 40.2 Å². The molecule has 0 bridgehead atoms. The molecule has 0 fully saturated rings. The second-order valence-electron chi connectivity index (χ2n) is 15.9. The first-order chi connectivity index (χ1) is 28.8. The number of hydrogen-bond donors (Lipinski definition) is 0. The van der Waals surface area contributed by atoms with Gasteiger partial charge in [-0.15, -0.1) is 0 Å². The Bertz CT molecular complexity index is 3420. The number of allylic oxidation sites excluding steroid dienone is 4. The average molecular weight is 757 g/mol. The Labute approximate surface area is 341 Å². The van der Waals surface area contributed by atoms with Crippen LogP contribution < -0.4 is 0 Å². The lowest BCUT2D eigenvalue weighted by Gasteiger charge is -2.45. The summed E-state index contributed by atoms with van der Waals surface area (Å²) in [6.45, 7) is 0. The third-order valence-corrected chi connectivity index (χ3v) is 14.3. The molecular weight excluding hydrogens is 721 g/mol. The van der Waals surface area contributed by atoms with Gasteiger partial charge in [-0.05, 0) is 81.8 Å². The van der Waals surface area contributed by atoms with E-state index in [-0.39, 0.29) is 0 Å². The first-order valence-corrected chi connectivity index (χ1v) is 21.1. The van der Waals surface area contributed by atoms with Crippen molar-refractivity contribution in [2.75, 3.05) is 0 Å². The fraction of sp³-hybridized carbons (Fsp3) is 0.0545. The zero-order chi connectivity index (χ0) is 38.0. The van der Waals surface area contributed by atoms with E-state index in [1.54, 1.807) is 0 Å². The summed E-state index contributed by atoms with van der Waals surface area (Å²) in [5.74, 6) is 0.310. The molecule has 2 unspecified atom stereocenters. The molecule has 58 heavy (non-hydrogen) atoms. The third-order valence-electron chi connectivity index (χ3n) is 13.1. The van der Waals surface area contributed by atoms with Gasteiger partial charge in [0, 0.05) is 42.9 Å². The number of para-hydroxylation sites is 4. The first-order valence-electron chi connectivity index (χ1n) is 20.3. The van der Waals surface area contributed by atoms with Crippen molar-refractivity contribution in [2.45, 2.75) is 27.5 Å². The molecule has 2 aromatic heterocycles. The number of aromatic nitrogens is 2. The Balaban J connectivity index is 1.19. The fourth-order valence-corrected chi connectivity index (χ4v) is 12.0. The summed E-state index contributed by atoms with van der Waals surface area (Å²) in [4.78, 5) is 2.62. The van der Waals surface area contributed by atoms with Gasteiger partial charge in [-0.25, -0.2) is 0 Å². The molecule has 10 aromatic rings. The normalized spacial score (nSPS) is 17.6. The maximum absolute atomic E-state index is 2.59. The van der Waals surface area contributed by atoms with Crippen LogP contribution in [0.5, 0.6) is 0 Å². The first kappa shape index (κ1) is 32.3. The molecular formula is C55H36N2S. The van der Waals surface area contributed by atoms with Crippen LogP contribution in [-0.4, -0.2) is 9.13 Å².